The molecule has 4 amide bonds. The summed E-state index contributed by atoms with van der Waals surface area (Å²) in [6.07, 6.45) is -0.00119. The third-order valence-corrected chi connectivity index (χ3v) is 6.24. The van der Waals surface area contributed by atoms with E-state index in [1.165, 1.54) is 45.6 Å². The number of esters is 1. The Bertz CT molecular complexity index is 1250. The maximum Gasteiger partial charge on any atom is 0.328 e. The number of imide groups is 1. The van der Waals surface area contributed by atoms with Crippen molar-refractivity contribution in [1.29, 1.82) is 0 Å². The quantitative estimate of drug-likeness (QED) is 0.262. The van der Waals surface area contributed by atoms with Gasteiger partial charge in [0.25, 0.3) is 11.8 Å². The van der Waals surface area contributed by atoms with Crippen molar-refractivity contribution in [3.05, 3.63) is 47.5 Å². The molecule has 0 aliphatic carbocycles. The van der Waals surface area contributed by atoms with Crippen molar-refractivity contribution < 1.29 is 48.0 Å². The van der Waals surface area contributed by atoms with Gasteiger partial charge in [-0.3, -0.25) is 24.1 Å². The summed E-state index contributed by atoms with van der Waals surface area (Å²) >= 11 is 0. The van der Waals surface area contributed by atoms with Crippen LogP contribution >= 0.6 is 0 Å². The molecule has 0 aromatic heterocycles. The van der Waals surface area contributed by atoms with E-state index in [0.717, 1.165) is 12.0 Å². The first-order valence-corrected chi connectivity index (χ1v) is 12.2. The molecule has 2 aromatic rings. The highest BCUT2D eigenvalue weighted by molar-refractivity contribution is 6.06. The van der Waals surface area contributed by atoms with Crippen LogP contribution in [0.3, 0.4) is 0 Å². The molecular formula is C27H31N3O10. The van der Waals surface area contributed by atoms with Crippen molar-refractivity contribution in [2.75, 3.05) is 35.0 Å². The summed E-state index contributed by atoms with van der Waals surface area (Å²) in [6, 6.07) is 6.68. The van der Waals surface area contributed by atoms with Crippen molar-refractivity contribution in [2.24, 2.45) is 0 Å². The molecule has 1 aliphatic rings. The maximum atomic E-state index is 13.1. The summed E-state index contributed by atoms with van der Waals surface area (Å²) in [5, 5.41) is 14.5. The van der Waals surface area contributed by atoms with Gasteiger partial charge in [0.2, 0.25) is 17.6 Å². The largest absolute Gasteiger partial charge is 0.508 e. The summed E-state index contributed by atoms with van der Waals surface area (Å²) in [5.41, 5.74) is 0.756. The van der Waals surface area contributed by atoms with Gasteiger partial charge in [-0.15, -0.1) is 0 Å². The topological polar surface area (TPSA) is 170 Å². The van der Waals surface area contributed by atoms with E-state index in [4.69, 9.17) is 18.9 Å². The number of phenols is 1. The van der Waals surface area contributed by atoms with Gasteiger partial charge in [-0.25, -0.2) is 4.79 Å². The lowest BCUT2D eigenvalue weighted by molar-refractivity contribution is -0.152. The minimum absolute atomic E-state index is 0.0384. The van der Waals surface area contributed by atoms with E-state index in [0.29, 0.717) is 5.56 Å². The second-order valence-corrected chi connectivity index (χ2v) is 8.81. The number of rotatable bonds is 11. The van der Waals surface area contributed by atoms with Crippen LogP contribution in [0.2, 0.25) is 0 Å². The second kappa shape index (κ2) is 13.3. The highest BCUT2D eigenvalue weighted by Gasteiger charge is 2.37. The van der Waals surface area contributed by atoms with Gasteiger partial charge in [0.05, 0.1) is 28.4 Å². The molecule has 1 fully saturated rings. The molecule has 3 rings (SSSR count). The molecular weight excluding hydrogens is 526 g/mol. The van der Waals surface area contributed by atoms with E-state index in [9.17, 15) is 29.1 Å². The zero-order valence-electron chi connectivity index (χ0n) is 22.5. The molecule has 0 saturated carbocycles. The van der Waals surface area contributed by atoms with E-state index < -0.39 is 48.2 Å². The number of nitrogens with zero attached hydrogens (tertiary/aromatic N) is 1. The van der Waals surface area contributed by atoms with Gasteiger partial charge in [0.15, 0.2) is 11.5 Å². The summed E-state index contributed by atoms with van der Waals surface area (Å²) in [7, 11) is 5.38. The third-order valence-electron chi connectivity index (χ3n) is 6.24. The minimum atomic E-state index is -1.10. The van der Waals surface area contributed by atoms with Gasteiger partial charge in [0, 0.05) is 18.4 Å². The monoisotopic (exact) mass is 557 g/mol. The van der Waals surface area contributed by atoms with Gasteiger partial charge in [-0.05, 0) is 36.2 Å². The number of carbonyl (C=O) groups is 5. The first-order chi connectivity index (χ1) is 19.1. The number of ether oxygens (including phenoxy) is 4. The Morgan fingerprint density at radius 1 is 1.00 bits per heavy atom. The molecule has 13 heteroatoms. The molecule has 2 aromatic carbocycles. The number of hydrogen-bond acceptors (Lipinski definition) is 10. The number of hydrogen-bond donors (Lipinski definition) is 3. The van der Waals surface area contributed by atoms with E-state index in [-0.39, 0.29) is 47.8 Å². The summed E-state index contributed by atoms with van der Waals surface area (Å²) in [6.45, 7) is -0.655. The molecule has 40 heavy (non-hydrogen) atoms. The van der Waals surface area contributed by atoms with Crippen molar-refractivity contribution in [1.82, 2.24) is 15.5 Å². The highest BCUT2D eigenvalue weighted by atomic mass is 16.5. The Balaban J connectivity index is 1.70. The Hall–Kier alpha value is -4.81. The van der Waals surface area contributed by atoms with E-state index in [1.54, 1.807) is 12.1 Å². The molecule has 0 bridgehead atoms. The summed E-state index contributed by atoms with van der Waals surface area (Å²) < 4.78 is 20.5. The number of aromatic hydroxyl groups is 1. The minimum Gasteiger partial charge on any atom is -0.508 e. The molecule has 214 valence electrons. The molecule has 1 heterocycles. The maximum absolute atomic E-state index is 13.1. The number of likely N-dealkylation sites (tertiary alicyclic amines) is 1. The average molecular weight is 558 g/mol. The van der Waals surface area contributed by atoms with Crippen LogP contribution in [0.15, 0.2) is 36.4 Å². The first kappa shape index (κ1) is 29.7. The van der Waals surface area contributed by atoms with Crippen molar-refractivity contribution in [3.8, 4) is 23.0 Å². The predicted molar refractivity (Wildman–Crippen MR) is 139 cm³/mol. The SMILES string of the molecule is COC(=O)[C@H](Cc1ccc(O)cc1)NC(=O)CN1C(=O)CC[C@H](NC(=O)c2cc(OC)c(OC)c(OC)c2)C1=O. The van der Waals surface area contributed by atoms with Crippen molar-refractivity contribution in [2.45, 2.75) is 31.3 Å². The summed E-state index contributed by atoms with van der Waals surface area (Å²) in [4.78, 5) is 64.4. The summed E-state index contributed by atoms with van der Waals surface area (Å²) in [5.74, 6) is -2.68. The second-order valence-electron chi connectivity index (χ2n) is 8.81. The number of carbonyl (C=O) groups excluding carboxylic acids is 5. The molecule has 1 aliphatic heterocycles. The van der Waals surface area contributed by atoms with Crippen LogP contribution in [0.25, 0.3) is 0 Å². The van der Waals surface area contributed by atoms with Gasteiger partial charge < -0.3 is 34.7 Å². The Kier molecular flexibility index (Phi) is 9.90. The van der Waals surface area contributed by atoms with Gasteiger partial charge >= 0.3 is 5.97 Å². The fourth-order valence-corrected chi connectivity index (χ4v) is 4.18. The average Bonchev–Trinajstić information content (AvgIpc) is 2.96. The zero-order chi connectivity index (χ0) is 29.4. The van der Waals surface area contributed by atoms with Gasteiger partial charge in [0.1, 0.15) is 24.4 Å². The predicted octanol–water partition coefficient (Wildman–Crippen LogP) is 0.566. The number of benzene rings is 2. The van der Waals surface area contributed by atoms with E-state index in [2.05, 4.69) is 10.6 Å². The number of methoxy groups -OCH3 is 4. The number of nitrogens with one attached hydrogen (secondary N) is 2. The van der Waals surface area contributed by atoms with Crippen molar-refractivity contribution in [3.63, 3.8) is 0 Å². The van der Waals surface area contributed by atoms with Gasteiger partial charge in [-0.2, -0.15) is 0 Å². The lowest BCUT2D eigenvalue weighted by Gasteiger charge is -2.31. The Morgan fingerprint density at radius 3 is 2.17 bits per heavy atom. The van der Waals surface area contributed by atoms with Crippen LogP contribution in [-0.4, -0.2) is 86.7 Å². The van der Waals surface area contributed by atoms with Crippen LogP contribution in [0, 0.1) is 0 Å². The molecule has 1 saturated heterocycles. The zero-order valence-corrected chi connectivity index (χ0v) is 22.5. The molecule has 0 unspecified atom stereocenters. The Morgan fingerprint density at radius 2 is 1.62 bits per heavy atom. The van der Waals surface area contributed by atoms with Crippen LogP contribution in [0.1, 0.15) is 28.8 Å². The number of piperidine rings is 1. The molecule has 0 spiro atoms. The van der Waals surface area contributed by atoms with E-state index >= 15 is 0 Å². The molecule has 13 nitrogen and oxygen atoms in total. The first-order valence-electron chi connectivity index (χ1n) is 12.2. The van der Waals surface area contributed by atoms with Crippen LogP contribution < -0.4 is 24.8 Å². The Labute approximate surface area is 230 Å². The van der Waals surface area contributed by atoms with Crippen LogP contribution in [-0.2, 0) is 30.3 Å². The molecule has 2 atom stereocenters. The fourth-order valence-electron chi connectivity index (χ4n) is 4.18. The number of amides is 4. The lowest BCUT2D eigenvalue weighted by atomic mass is 10.0. The van der Waals surface area contributed by atoms with Gasteiger partial charge in [-0.1, -0.05) is 12.1 Å². The number of phenolic OH excluding ortho intramolecular Hbond substituents is 1. The normalized spacial score (nSPS) is 15.6. The van der Waals surface area contributed by atoms with E-state index in [1.807, 2.05) is 0 Å². The molecule has 3 N–H and O–H groups in total. The van der Waals surface area contributed by atoms with Crippen LogP contribution in [0.5, 0.6) is 23.0 Å². The standard InChI is InChI=1S/C27H31N3O10/c1-37-20-12-16(13-21(38-2)24(20)39-3)25(34)29-18-9-10-23(33)30(26(18)35)14-22(32)28-19(27(36)40-4)11-15-5-7-17(31)8-6-15/h5-8,12-13,18-19,31H,9-11,14H2,1-4H3,(H,28,32)(H,29,34)/t18-,19-/m0/s1. The third kappa shape index (κ3) is 6.98. The lowest BCUT2D eigenvalue weighted by Crippen LogP contribution is -2.57. The molecule has 0 radical (unpaired) electrons. The fraction of sp³-hybridized carbons (Fsp3) is 0.370. The van der Waals surface area contributed by atoms with Crippen molar-refractivity contribution >= 4 is 29.6 Å². The smallest absolute Gasteiger partial charge is 0.328 e. The van der Waals surface area contributed by atoms with Crippen LogP contribution in [0.4, 0.5) is 0 Å². The highest BCUT2D eigenvalue weighted by Crippen LogP contribution is 2.38.